The summed E-state index contributed by atoms with van der Waals surface area (Å²) >= 11 is 0. The molecule has 7 aliphatic carbocycles. The van der Waals surface area contributed by atoms with E-state index in [9.17, 15) is 6.85 Å². The lowest BCUT2D eigenvalue weighted by Crippen LogP contribution is -2.39. The van der Waals surface area contributed by atoms with Crippen molar-refractivity contribution in [1.29, 1.82) is 0 Å². The SMILES string of the molecule is [2H]C([2H])([2H])C([2H])(C)c1ccc(-c2ccccc2)cc1N(c1cc2c(cc1C([2H])(C)C([2H])([2H])[2H])-c1ccccc1C2(C)C)C(C)C.[2H]C1(c2ccc(-c3ccccc3)cc2N(c2cc3c(cc2C2([2H])CC2)-c2ccccc2C3(C)C)C(C)(C)C)CC1.[2H]C1(c2ccc(-c3ccccc3)cc2N(c2cc3c(cc2C2([2H])CCCC2)-c2ccccc2C3(C)C)C(C)(C)C)CCCC1. The van der Waals surface area contributed by atoms with Crippen LogP contribution in [0.3, 0.4) is 0 Å². The van der Waals surface area contributed by atoms with Crippen molar-refractivity contribution in [2.45, 2.75) is 270 Å². The fourth-order valence-corrected chi connectivity index (χ4v) is 20.4. The number of benzene rings is 12. The minimum Gasteiger partial charge on any atom is -0.338 e. The quantitative estimate of drug-likeness (QED) is 0.0955. The summed E-state index contributed by atoms with van der Waals surface area (Å²) in [5.41, 5.74) is 30.6. The van der Waals surface area contributed by atoms with Crippen LogP contribution in [0.1, 0.15) is 320 Å². The van der Waals surface area contributed by atoms with Crippen molar-refractivity contribution in [3.05, 3.63) is 322 Å². The highest BCUT2D eigenvalue weighted by Crippen LogP contribution is 2.60. The van der Waals surface area contributed by atoms with Gasteiger partial charge in [0.2, 0.25) is 0 Å². The standard InChI is InChI=1S/C41H47N.C37H39N.C36H41N/c1-40(2,3)42(38-25-31(28-15-7-6-8-16-28)23-24-32(38)29-17-9-10-18-29)39-27-37-35(26-34(39)30-19-11-12-20-30)33-21-13-14-22-36(33)41(37,4)5;1-36(2,3)38(34-21-27(24-11-7-6-8-12-24)19-20-28(34)25-15-16-25)35-23-33-31(22-30(35)26-17-18-26)29-13-9-10-14-32(29)37(33,4)5;1-23(2)28-19-18-27(26-14-10-9-11-15-26)20-34(28)37(25(5)6)35-22-33-31(21-30(35)24(3)4)29-16-12-13-17-32(29)36(33,7)8/h6-8,13-16,21-27,29-30H,9-12,17-20H2,1-5H3;6-14,19-23,25-26H,15-18H2,1-5H3;9-25H,1-8H3/i29D,30D;25D,26D;1D3,3D3,23D,24D. The molecule has 3 nitrogen and oxygen atoms in total. The van der Waals surface area contributed by atoms with Crippen LogP contribution in [0.4, 0.5) is 34.1 Å². The normalized spacial score (nSPS) is 20.5. The van der Waals surface area contributed by atoms with Gasteiger partial charge in [-0.2, -0.15) is 0 Å². The van der Waals surface area contributed by atoms with Crippen molar-refractivity contribution in [2.24, 2.45) is 0 Å². The molecule has 12 aromatic carbocycles. The molecule has 117 heavy (non-hydrogen) atoms. The predicted octanol–water partition coefficient (Wildman–Crippen LogP) is 32.7. The first kappa shape index (κ1) is 66.0. The van der Waals surface area contributed by atoms with E-state index in [4.69, 9.17) is 9.60 Å². The minimum atomic E-state index is -2.66. The summed E-state index contributed by atoms with van der Waals surface area (Å²) in [6.45, 7) is 28.8. The first-order valence-electron chi connectivity index (χ1n) is 49.4. The first-order chi connectivity index (χ1) is 60.6. The molecule has 0 aromatic heterocycles. The number of hydrogen-bond donors (Lipinski definition) is 0. The lowest BCUT2D eigenvalue weighted by atomic mass is 9.80. The molecule has 0 N–H and O–H groups in total. The van der Waals surface area contributed by atoms with Gasteiger partial charge in [0, 0.05) is 83.9 Å². The number of nitrogens with zero attached hydrogens (tertiary/aromatic N) is 3. The van der Waals surface area contributed by atoms with Gasteiger partial charge in [0.15, 0.2) is 0 Å². The molecule has 0 spiro atoms. The second-order valence-electron chi connectivity index (χ2n) is 38.1. The van der Waals surface area contributed by atoms with E-state index in [0.717, 1.165) is 155 Å². The number of hydrogen-bond acceptors (Lipinski definition) is 3. The van der Waals surface area contributed by atoms with E-state index in [1.54, 1.807) is 6.07 Å². The molecule has 2 unspecified atom stereocenters. The Morgan fingerprint density at radius 1 is 0.299 bits per heavy atom. The molecule has 0 bridgehead atoms. The van der Waals surface area contributed by atoms with Crippen LogP contribution >= 0.6 is 0 Å². The Bertz CT molecular complexity index is 6280. The Morgan fingerprint density at radius 3 is 0.966 bits per heavy atom. The van der Waals surface area contributed by atoms with Gasteiger partial charge >= 0.3 is 0 Å². The second-order valence-corrected chi connectivity index (χ2v) is 38.1. The molecule has 4 fully saturated rings. The average molecular weight is 1550 g/mol. The third-order valence-corrected chi connectivity index (χ3v) is 26.5. The molecule has 3 heteroatoms. The summed E-state index contributed by atoms with van der Waals surface area (Å²) in [6, 6.07) is 88.9. The Hall–Kier alpha value is -9.96. The van der Waals surface area contributed by atoms with Gasteiger partial charge in [0.25, 0.3) is 0 Å². The van der Waals surface area contributed by atoms with Gasteiger partial charge < -0.3 is 14.7 Å². The summed E-state index contributed by atoms with van der Waals surface area (Å²) in [5.74, 6) is -6.32. The molecule has 0 saturated heterocycles. The maximum atomic E-state index is 9.94. The molecular weight excluding hydrogens is 1410 g/mol. The number of rotatable bonds is 16. The Labute approximate surface area is 719 Å². The van der Waals surface area contributed by atoms with Crippen LogP contribution in [0.2, 0.25) is 0 Å². The van der Waals surface area contributed by atoms with E-state index in [1.165, 1.54) is 80.6 Å². The van der Waals surface area contributed by atoms with Gasteiger partial charge in [-0.05, 0) is 330 Å². The van der Waals surface area contributed by atoms with Crippen LogP contribution in [0, 0.1) is 0 Å². The van der Waals surface area contributed by atoms with Gasteiger partial charge in [0.1, 0.15) is 0 Å². The molecule has 19 rings (SSSR count). The summed E-state index contributed by atoms with van der Waals surface area (Å²) in [7, 11) is 0. The molecule has 4 saturated carbocycles. The highest BCUT2D eigenvalue weighted by molar-refractivity contribution is 5.91. The molecule has 0 amide bonds. The Kier molecular flexibility index (Phi) is 17.5. The van der Waals surface area contributed by atoms with Crippen molar-refractivity contribution in [3.63, 3.8) is 0 Å². The monoisotopic (exact) mass is 1550 g/mol. The van der Waals surface area contributed by atoms with Crippen LogP contribution in [0.15, 0.2) is 255 Å². The van der Waals surface area contributed by atoms with Crippen LogP contribution in [-0.4, -0.2) is 17.1 Å². The largest absolute Gasteiger partial charge is 0.338 e. The van der Waals surface area contributed by atoms with Crippen molar-refractivity contribution >= 4 is 34.1 Å². The lowest BCUT2D eigenvalue weighted by Gasteiger charge is -2.42. The second kappa shape index (κ2) is 31.1. The number of fused-ring (bicyclic) bond motifs is 9. The van der Waals surface area contributed by atoms with Gasteiger partial charge in [0.05, 0.1) is 0 Å². The molecule has 7 aliphatic rings. The zero-order valence-corrected chi connectivity index (χ0v) is 72.2. The topological polar surface area (TPSA) is 9.72 Å². The highest BCUT2D eigenvalue weighted by atomic mass is 15.2. The van der Waals surface area contributed by atoms with E-state index in [2.05, 4.69) is 269 Å². The van der Waals surface area contributed by atoms with E-state index >= 15 is 0 Å². The average Bonchev–Trinajstić information content (AvgIpc) is 1.65. The summed E-state index contributed by atoms with van der Waals surface area (Å²) in [5, 5.41) is 0. The van der Waals surface area contributed by atoms with Crippen LogP contribution in [0.5, 0.6) is 0 Å². The third kappa shape index (κ3) is 14.8. The van der Waals surface area contributed by atoms with E-state index in [-0.39, 0.29) is 27.9 Å². The Balaban J connectivity index is 0.000000136. The molecule has 0 radical (unpaired) electrons. The van der Waals surface area contributed by atoms with E-state index in [0.29, 0.717) is 22.5 Å². The maximum Gasteiger partial charge on any atom is 0.0457 e. The molecule has 12 aromatic rings. The van der Waals surface area contributed by atoms with Crippen LogP contribution < -0.4 is 14.7 Å². The van der Waals surface area contributed by atoms with Gasteiger partial charge in [-0.1, -0.05) is 295 Å². The van der Waals surface area contributed by atoms with Crippen molar-refractivity contribution in [2.75, 3.05) is 14.7 Å². The van der Waals surface area contributed by atoms with Crippen LogP contribution in [-0.2, 0) is 16.2 Å². The van der Waals surface area contributed by atoms with E-state index in [1.807, 2.05) is 91.5 Å². The van der Waals surface area contributed by atoms with Crippen molar-refractivity contribution < 1.29 is 16.4 Å². The molecule has 0 heterocycles. The third-order valence-electron chi connectivity index (χ3n) is 26.5. The Morgan fingerprint density at radius 2 is 0.598 bits per heavy atom. The predicted molar refractivity (Wildman–Crippen MR) is 503 cm³/mol. The molecular formula is C114H127N3. The van der Waals surface area contributed by atoms with Crippen molar-refractivity contribution in [3.8, 4) is 66.8 Å². The molecule has 2 atom stereocenters. The fourth-order valence-electron chi connectivity index (χ4n) is 20.4. The number of anilines is 6. The van der Waals surface area contributed by atoms with Gasteiger partial charge in [-0.15, -0.1) is 0 Å². The molecule has 598 valence electrons. The highest BCUT2D eigenvalue weighted by Gasteiger charge is 2.44. The lowest BCUT2D eigenvalue weighted by molar-refractivity contribution is 0.550. The van der Waals surface area contributed by atoms with Gasteiger partial charge in [-0.3, -0.25) is 0 Å². The first-order valence-corrected chi connectivity index (χ1v) is 43.4. The molecule has 0 aliphatic heterocycles. The van der Waals surface area contributed by atoms with Crippen LogP contribution in [0.25, 0.3) is 66.8 Å². The maximum absolute atomic E-state index is 9.94. The summed E-state index contributed by atoms with van der Waals surface area (Å²) in [4.78, 5) is 6.95. The van der Waals surface area contributed by atoms with E-state index < -0.39 is 54.5 Å². The zero-order valence-electron chi connectivity index (χ0n) is 84.2. The summed E-state index contributed by atoms with van der Waals surface area (Å²) < 4.78 is 107. The zero-order chi connectivity index (χ0) is 92.3. The smallest absolute Gasteiger partial charge is 0.0457 e. The summed E-state index contributed by atoms with van der Waals surface area (Å²) in [6.07, 6.45) is 11.5. The minimum absolute atomic E-state index is 0.122. The fraction of sp³-hybridized carbons (Fsp3) is 0.368. The van der Waals surface area contributed by atoms with Crippen molar-refractivity contribution in [1.82, 2.24) is 0 Å². The van der Waals surface area contributed by atoms with Gasteiger partial charge in [-0.25, -0.2) is 0 Å².